The van der Waals surface area contributed by atoms with E-state index in [0.29, 0.717) is 12.1 Å². The van der Waals surface area contributed by atoms with Gasteiger partial charge in [0.2, 0.25) is 0 Å². The molecule has 0 fully saturated rings. The number of rotatable bonds is 6. The number of hydrogen-bond acceptors (Lipinski definition) is 5. The number of hydrogen-bond donors (Lipinski definition) is 1. The lowest BCUT2D eigenvalue weighted by Crippen LogP contribution is -2.31. The Bertz CT molecular complexity index is 1460. The largest absolute Gasteiger partial charge is 0.343 e. The van der Waals surface area contributed by atoms with Crippen LogP contribution in [0.4, 0.5) is 5.69 Å². The van der Waals surface area contributed by atoms with Gasteiger partial charge in [-0.25, -0.2) is 13.1 Å². The third-order valence-corrected chi connectivity index (χ3v) is 6.61. The molecule has 0 spiro atoms. The quantitative estimate of drug-likeness (QED) is 0.353. The number of fused-ring (bicyclic) bond motifs is 1. The summed E-state index contributed by atoms with van der Waals surface area (Å²) in [6.45, 7) is 2.08. The second-order valence-corrected chi connectivity index (χ2v) is 9.00. The molecule has 0 atom stereocenters. The van der Waals surface area contributed by atoms with Gasteiger partial charge in [0.05, 0.1) is 9.82 Å². The van der Waals surface area contributed by atoms with Gasteiger partial charge < -0.3 is 4.57 Å². The third kappa shape index (κ3) is 4.23. The molecule has 4 aromatic rings. The molecule has 0 radical (unpaired) electrons. The first-order valence-electron chi connectivity index (χ1n) is 9.69. The van der Waals surface area contributed by atoms with E-state index in [1.807, 2.05) is 10.8 Å². The van der Waals surface area contributed by atoms with Crippen molar-refractivity contribution in [1.82, 2.24) is 9.29 Å². The summed E-state index contributed by atoms with van der Waals surface area (Å²) < 4.78 is 29.2. The first-order chi connectivity index (χ1) is 15.2. The molecule has 32 heavy (non-hydrogen) atoms. The molecule has 1 amide bonds. The molecule has 1 aromatic heterocycles. The van der Waals surface area contributed by atoms with Crippen LogP contribution in [-0.4, -0.2) is 23.8 Å². The van der Waals surface area contributed by atoms with Gasteiger partial charge in [0.25, 0.3) is 21.6 Å². The minimum atomic E-state index is -4.00. The second kappa shape index (κ2) is 8.27. The fourth-order valence-corrected chi connectivity index (χ4v) is 4.76. The molecule has 162 valence electrons. The van der Waals surface area contributed by atoms with Crippen molar-refractivity contribution in [3.63, 3.8) is 0 Å². The van der Waals surface area contributed by atoms with Gasteiger partial charge in [0, 0.05) is 41.3 Å². The number of non-ortho nitro benzene ring substituents is 1. The highest BCUT2D eigenvalue weighted by atomic mass is 32.2. The number of nitro benzene ring substituents is 1. The van der Waals surface area contributed by atoms with E-state index in [-0.39, 0.29) is 16.1 Å². The number of carbonyl (C=O) groups excluding carboxylic acids is 1. The van der Waals surface area contributed by atoms with Gasteiger partial charge in [0.15, 0.2) is 0 Å². The maximum atomic E-state index is 12.6. The molecule has 0 saturated carbocycles. The number of aromatic nitrogens is 1. The molecule has 9 heteroatoms. The zero-order valence-electron chi connectivity index (χ0n) is 17.1. The summed E-state index contributed by atoms with van der Waals surface area (Å²) in [7, 11) is -4.00. The lowest BCUT2D eigenvalue weighted by molar-refractivity contribution is -0.384. The highest BCUT2D eigenvalue weighted by Gasteiger charge is 2.20. The number of amides is 1. The average Bonchev–Trinajstić information content (AvgIpc) is 3.15. The summed E-state index contributed by atoms with van der Waals surface area (Å²) in [6.07, 6.45) is 1.81. The SMILES string of the molecule is Cc1ccccc1S(=O)(=O)NC(=O)c1ccc2c(ccn2Cc2cccc([N+](=O)[O-])c2)c1. The lowest BCUT2D eigenvalue weighted by atomic mass is 10.1. The Morgan fingerprint density at radius 2 is 1.81 bits per heavy atom. The predicted octanol–water partition coefficient (Wildman–Crippen LogP) is 4.02. The minimum Gasteiger partial charge on any atom is -0.343 e. The van der Waals surface area contributed by atoms with Gasteiger partial charge in [-0.05, 0) is 48.4 Å². The summed E-state index contributed by atoms with van der Waals surface area (Å²) >= 11 is 0. The standard InChI is InChI=1S/C23H19N3O5S/c1-16-5-2-3-8-22(16)32(30,31)24-23(27)19-9-10-21-18(14-19)11-12-25(21)15-17-6-4-7-20(13-17)26(28)29/h2-14H,15H2,1H3,(H,24,27). The van der Waals surface area contributed by atoms with Gasteiger partial charge in [-0.3, -0.25) is 14.9 Å². The summed E-state index contributed by atoms with van der Waals surface area (Å²) in [5, 5.41) is 11.7. The van der Waals surface area contributed by atoms with Gasteiger partial charge in [0.1, 0.15) is 0 Å². The molecule has 0 aliphatic carbocycles. The maximum Gasteiger partial charge on any atom is 0.269 e. The van der Waals surface area contributed by atoms with Crippen LogP contribution < -0.4 is 4.72 Å². The molecule has 1 N–H and O–H groups in total. The fraction of sp³-hybridized carbons (Fsp3) is 0.0870. The van der Waals surface area contributed by atoms with E-state index >= 15 is 0 Å². The van der Waals surface area contributed by atoms with Gasteiger partial charge in [-0.1, -0.05) is 30.3 Å². The van der Waals surface area contributed by atoms with Crippen LogP contribution in [0.15, 0.2) is 83.9 Å². The monoisotopic (exact) mass is 449 g/mol. The van der Waals surface area contributed by atoms with Crippen molar-refractivity contribution in [2.45, 2.75) is 18.4 Å². The van der Waals surface area contributed by atoms with Crippen LogP contribution in [0.25, 0.3) is 10.9 Å². The van der Waals surface area contributed by atoms with E-state index in [4.69, 9.17) is 0 Å². The summed E-state index contributed by atoms with van der Waals surface area (Å²) in [5.74, 6) is -0.721. The smallest absolute Gasteiger partial charge is 0.269 e. The fourth-order valence-electron chi connectivity index (χ4n) is 3.54. The molecule has 0 unspecified atom stereocenters. The van der Waals surface area contributed by atoms with Gasteiger partial charge >= 0.3 is 0 Å². The highest BCUT2D eigenvalue weighted by molar-refractivity contribution is 7.90. The number of aryl methyl sites for hydroxylation is 1. The third-order valence-electron chi connectivity index (χ3n) is 5.12. The summed E-state index contributed by atoms with van der Waals surface area (Å²) in [6, 6.07) is 19.5. The zero-order chi connectivity index (χ0) is 22.9. The minimum absolute atomic E-state index is 0.0211. The number of benzene rings is 3. The molecule has 0 bridgehead atoms. The van der Waals surface area contributed by atoms with Crippen LogP contribution >= 0.6 is 0 Å². The molecule has 8 nitrogen and oxygen atoms in total. The van der Waals surface area contributed by atoms with Crippen molar-refractivity contribution in [3.8, 4) is 0 Å². The zero-order valence-corrected chi connectivity index (χ0v) is 17.9. The van der Waals surface area contributed by atoms with Crippen LogP contribution in [0.2, 0.25) is 0 Å². The second-order valence-electron chi connectivity index (χ2n) is 7.34. The summed E-state index contributed by atoms with van der Waals surface area (Å²) in [5.41, 5.74) is 2.36. The van der Waals surface area contributed by atoms with Crippen molar-refractivity contribution in [1.29, 1.82) is 0 Å². The predicted molar refractivity (Wildman–Crippen MR) is 120 cm³/mol. The average molecular weight is 449 g/mol. The molecule has 4 rings (SSSR count). The number of nitro groups is 1. The Morgan fingerprint density at radius 3 is 2.56 bits per heavy atom. The van der Waals surface area contributed by atoms with Crippen molar-refractivity contribution in [2.24, 2.45) is 0 Å². The van der Waals surface area contributed by atoms with Crippen molar-refractivity contribution in [2.75, 3.05) is 0 Å². The first-order valence-corrected chi connectivity index (χ1v) is 11.2. The van der Waals surface area contributed by atoms with E-state index in [1.54, 1.807) is 61.5 Å². The molecule has 0 saturated heterocycles. The summed E-state index contributed by atoms with van der Waals surface area (Å²) in [4.78, 5) is 23.2. The Morgan fingerprint density at radius 1 is 1.03 bits per heavy atom. The van der Waals surface area contributed by atoms with E-state index in [2.05, 4.69) is 4.72 Å². The Kier molecular flexibility index (Phi) is 5.50. The van der Waals surface area contributed by atoms with Crippen molar-refractivity contribution < 1.29 is 18.1 Å². The highest BCUT2D eigenvalue weighted by Crippen LogP contribution is 2.21. The van der Waals surface area contributed by atoms with Crippen LogP contribution in [0.3, 0.4) is 0 Å². The van der Waals surface area contributed by atoms with E-state index in [9.17, 15) is 23.3 Å². The number of carbonyl (C=O) groups is 1. The number of nitrogens with zero attached hydrogens (tertiary/aromatic N) is 2. The van der Waals surface area contributed by atoms with Crippen LogP contribution in [0, 0.1) is 17.0 Å². The molecular formula is C23H19N3O5S. The number of nitrogens with one attached hydrogen (secondary N) is 1. The van der Waals surface area contributed by atoms with E-state index in [1.165, 1.54) is 18.2 Å². The van der Waals surface area contributed by atoms with E-state index < -0.39 is 20.9 Å². The lowest BCUT2D eigenvalue weighted by Gasteiger charge is -2.10. The first kappa shape index (κ1) is 21.3. The Labute approximate surface area is 184 Å². The van der Waals surface area contributed by atoms with E-state index in [0.717, 1.165) is 16.5 Å². The van der Waals surface area contributed by atoms with Gasteiger partial charge in [-0.2, -0.15) is 0 Å². The van der Waals surface area contributed by atoms with Gasteiger partial charge in [-0.15, -0.1) is 0 Å². The maximum absolute atomic E-state index is 12.6. The molecule has 3 aromatic carbocycles. The normalized spacial score (nSPS) is 11.4. The topological polar surface area (TPSA) is 111 Å². The van der Waals surface area contributed by atoms with Crippen LogP contribution in [-0.2, 0) is 16.6 Å². The van der Waals surface area contributed by atoms with Crippen LogP contribution in [0.1, 0.15) is 21.5 Å². The Balaban J connectivity index is 1.57. The number of sulfonamides is 1. The molecule has 0 aliphatic heterocycles. The van der Waals surface area contributed by atoms with Crippen LogP contribution in [0.5, 0.6) is 0 Å². The Hall–Kier alpha value is -3.98. The molecular weight excluding hydrogens is 430 g/mol. The van der Waals surface area contributed by atoms with Crippen molar-refractivity contribution >= 4 is 32.5 Å². The molecule has 1 heterocycles. The van der Waals surface area contributed by atoms with Crippen molar-refractivity contribution in [3.05, 3.63) is 106 Å². The molecule has 0 aliphatic rings.